The molecule has 0 saturated heterocycles. The lowest BCUT2D eigenvalue weighted by atomic mass is 10.2. The third kappa shape index (κ3) is 2.49. The van der Waals surface area contributed by atoms with E-state index in [0.717, 1.165) is 26.8 Å². The van der Waals surface area contributed by atoms with E-state index in [1.165, 1.54) is 0 Å². The average molecular weight is 332 g/mol. The quantitative estimate of drug-likeness (QED) is 0.675. The maximum atomic E-state index is 12.0. The molecule has 0 bridgehead atoms. The number of rotatable bonds is 3. The third-order valence-corrected chi connectivity index (χ3v) is 3.77. The topological polar surface area (TPSA) is 60.7 Å². The Labute approximate surface area is 124 Å². The first kappa shape index (κ1) is 13.0. The molecule has 4 nitrogen and oxygen atoms in total. The zero-order valence-corrected chi connectivity index (χ0v) is 12.5. The molecule has 0 radical (unpaired) electrons. The molecule has 0 spiro atoms. The zero-order valence-electron chi connectivity index (χ0n) is 11.0. The molecule has 2 aromatic heterocycles. The third-order valence-electron chi connectivity index (χ3n) is 3.28. The van der Waals surface area contributed by atoms with Gasteiger partial charge in [0, 0.05) is 33.0 Å². The van der Waals surface area contributed by atoms with Crippen LogP contribution in [0.25, 0.3) is 10.9 Å². The number of aromatic amines is 2. The minimum atomic E-state index is -0.0661. The second-order valence-corrected chi connectivity index (χ2v) is 5.64. The van der Waals surface area contributed by atoms with Gasteiger partial charge in [0.15, 0.2) is 0 Å². The number of H-pyrrole nitrogens is 2. The van der Waals surface area contributed by atoms with Gasteiger partial charge in [-0.1, -0.05) is 15.9 Å². The summed E-state index contributed by atoms with van der Waals surface area (Å²) >= 11 is 3.45. The van der Waals surface area contributed by atoms with Gasteiger partial charge in [-0.25, -0.2) is 0 Å². The van der Waals surface area contributed by atoms with E-state index in [0.29, 0.717) is 12.1 Å². The number of aromatic nitrogens is 2. The number of carbonyl (C=O) groups is 1. The molecule has 5 heteroatoms. The second kappa shape index (κ2) is 5.17. The Morgan fingerprint density at radius 1 is 1.30 bits per heavy atom. The van der Waals surface area contributed by atoms with Gasteiger partial charge in [-0.15, -0.1) is 0 Å². The first-order chi connectivity index (χ1) is 9.63. The molecule has 20 heavy (non-hydrogen) atoms. The molecule has 0 atom stereocenters. The SMILES string of the molecule is Cc1[nH]ccc1C(=O)NCc1cc2cc(Br)ccc2[nH]1. The van der Waals surface area contributed by atoms with Gasteiger partial charge in [-0.05, 0) is 37.3 Å². The summed E-state index contributed by atoms with van der Waals surface area (Å²) < 4.78 is 1.04. The van der Waals surface area contributed by atoms with Crippen LogP contribution in [0.5, 0.6) is 0 Å². The smallest absolute Gasteiger partial charge is 0.253 e. The van der Waals surface area contributed by atoms with E-state index in [4.69, 9.17) is 0 Å². The number of fused-ring (bicyclic) bond motifs is 1. The highest BCUT2D eigenvalue weighted by molar-refractivity contribution is 9.10. The van der Waals surface area contributed by atoms with Crippen LogP contribution >= 0.6 is 15.9 Å². The lowest BCUT2D eigenvalue weighted by molar-refractivity contribution is 0.0950. The van der Waals surface area contributed by atoms with Crippen LogP contribution < -0.4 is 5.32 Å². The van der Waals surface area contributed by atoms with Gasteiger partial charge in [0.05, 0.1) is 12.1 Å². The van der Waals surface area contributed by atoms with E-state index in [1.54, 1.807) is 12.3 Å². The lowest BCUT2D eigenvalue weighted by Crippen LogP contribution is -2.23. The molecule has 1 amide bonds. The Morgan fingerprint density at radius 3 is 2.90 bits per heavy atom. The predicted octanol–water partition coefficient (Wildman–Crippen LogP) is 3.50. The number of hydrogen-bond acceptors (Lipinski definition) is 1. The fraction of sp³-hybridized carbons (Fsp3) is 0.133. The summed E-state index contributed by atoms with van der Waals surface area (Å²) in [4.78, 5) is 18.3. The summed E-state index contributed by atoms with van der Waals surface area (Å²) in [5.74, 6) is -0.0661. The monoisotopic (exact) mass is 331 g/mol. The van der Waals surface area contributed by atoms with Crippen LogP contribution in [0.3, 0.4) is 0 Å². The van der Waals surface area contributed by atoms with E-state index >= 15 is 0 Å². The van der Waals surface area contributed by atoms with E-state index in [9.17, 15) is 4.79 Å². The number of benzene rings is 1. The molecule has 2 heterocycles. The highest BCUT2D eigenvalue weighted by atomic mass is 79.9. The second-order valence-electron chi connectivity index (χ2n) is 4.73. The van der Waals surface area contributed by atoms with E-state index in [2.05, 4.69) is 31.2 Å². The Kier molecular flexibility index (Phi) is 3.36. The van der Waals surface area contributed by atoms with Gasteiger partial charge >= 0.3 is 0 Å². The van der Waals surface area contributed by atoms with E-state index in [1.807, 2.05) is 31.2 Å². The van der Waals surface area contributed by atoms with Gasteiger partial charge in [-0.2, -0.15) is 0 Å². The van der Waals surface area contributed by atoms with Gasteiger partial charge in [0.2, 0.25) is 0 Å². The van der Waals surface area contributed by atoms with Crippen LogP contribution in [0.1, 0.15) is 21.7 Å². The van der Waals surface area contributed by atoms with Crippen molar-refractivity contribution in [3.8, 4) is 0 Å². The van der Waals surface area contributed by atoms with Gasteiger partial charge in [-0.3, -0.25) is 4.79 Å². The molecular weight excluding hydrogens is 318 g/mol. The van der Waals surface area contributed by atoms with Crippen molar-refractivity contribution in [2.75, 3.05) is 0 Å². The molecular formula is C15H14BrN3O. The molecule has 0 fully saturated rings. The van der Waals surface area contributed by atoms with Crippen molar-refractivity contribution >= 4 is 32.7 Å². The fourth-order valence-corrected chi connectivity index (χ4v) is 2.61. The molecule has 0 aliphatic carbocycles. The van der Waals surface area contributed by atoms with Crippen molar-refractivity contribution in [1.29, 1.82) is 0 Å². The lowest BCUT2D eigenvalue weighted by Gasteiger charge is -2.02. The van der Waals surface area contributed by atoms with Crippen molar-refractivity contribution in [2.45, 2.75) is 13.5 Å². The molecule has 3 N–H and O–H groups in total. The summed E-state index contributed by atoms with van der Waals surface area (Å²) in [6.45, 7) is 2.37. The summed E-state index contributed by atoms with van der Waals surface area (Å²) in [6.07, 6.45) is 1.77. The maximum absolute atomic E-state index is 12.0. The molecule has 3 rings (SSSR count). The maximum Gasteiger partial charge on any atom is 0.253 e. The number of hydrogen-bond donors (Lipinski definition) is 3. The Morgan fingerprint density at radius 2 is 2.15 bits per heavy atom. The zero-order chi connectivity index (χ0) is 14.1. The summed E-state index contributed by atoms with van der Waals surface area (Å²) in [7, 11) is 0. The normalized spacial score (nSPS) is 10.9. The molecule has 0 unspecified atom stereocenters. The van der Waals surface area contributed by atoms with Crippen LogP contribution in [-0.4, -0.2) is 15.9 Å². The van der Waals surface area contributed by atoms with E-state index in [-0.39, 0.29) is 5.91 Å². The molecule has 1 aromatic carbocycles. The van der Waals surface area contributed by atoms with Crippen LogP contribution in [0.15, 0.2) is 41.0 Å². The average Bonchev–Trinajstić information content (AvgIpc) is 3.01. The number of carbonyl (C=O) groups excluding carboxylic acids is 1. The summed E-state index contributed by atoms with van der Waals surface area (Å²) in [5, 5.41) is 4.04. The van der Waals surface area contributed by atoms with Crippen molar-refractivity contribution in [3.63, 3.8) is 0 Å². The minimum Gasteiger partial charge on any atom is -0.365 e. The highest BCUT2D eigenvalue weighted by Crippen LogP contribution is 2.20. The van der Waals surface area contributed by atoms with Crippen LogP contribution in [0, 0.1) is 6.92 Å². The molecule has 102 valence electrons. The van der Waals surface area contributed by atoms with Crippen molar-refractivity contribution in [2.24, 2.45) is 0 Å². The minimum absolute atomic E-state index is 0.0661. The van der Waals surface area contributed by atoms with Crippen molar-refractivity contribution < 1.29 is 4.79 Å². The van der Waals surface area contributed by atoms with Crippen molar-refractivity contribution in [1.82, 2.24) is 15.3 Å². The van der Waals surface area contributed by atoms with Gasteiger partial charge < -0.3 is 15.3 Å². The fourth-order valence-electron chi connectivity index (χ4n) is 2.23. The summed E-state index contributed by atoms with van der Waals surface area (Å²) in [5.41, 5.74) is 3.61. The first-order valence-corrected chi connectivity index (χ1v) is 7.12. The van der Waals surface area contributed by atoms with E-state index < -0.39 is 0 Å². The first-order valence-electron chi connectivity index (χ1n) is 6.33. The standard InChI is InChI=1S/C15H14BrN3O/c1-9-13(4-5-17-9)15(20)18-8-12-7-10-6-11(16)2-3-14(10)19-12/h2-7,17,19H,8H2,1H3,(H,18,20). The largest absolute Gasteiger partial charge is 0.365 e. The van der Waals surface area contributed by atoms with Crippen molar-refractivity contribution in [3.05, 3.63) is 58.0 Å². The van der Waals surface area contributed by atoms with Gasteiger partial charge in [0.25, 0.3) is 5.91 Å². The van der Waals surface area contributed by atoms with Crippen LogP contribution in [0.2, 0.25) is 0 Å². The number of nitrogens with one attached hydrogen (secondary N) is 3. The number of amides is 1. The Bertz CT molecular complexity index is 772. The van der Waals surface area contributed by atoms with Crippen LogP contribution in [0.4, 0.5) is 0 Å². The number of halogens is 1. The van der Waals surface area contributed by atoms with Crippen LogP contribution in [-0.2, 0) is 6.54 Å². The van der Waals surface area contributed by atoms with Gasteiger partial charge in [0.1, 0.15) is 0 Å². The summed E-state index contributed by atoms with van der Waals surface area (Å²) in [6, 6.07) is 9.89. The molecule has 0 aliphatic heterocycles. The Hall–Kier alpha value is -2.01. The predicted molar refractivity (Wildman–Crippen MR) is 82.7 cm³/mol. The highest BCUT2D eigenvalue weighted by Gasteiger charge is 2.09. The number of aryl methyl sites for hydroxylation is 1. The molecule has 0 saturated carbocycles. The Balaban J connectivity index is 1.74. The molecule has 0 aliphatic rings. The molecule has 3 aromatic rings.